The van der Waals surface area contributed by atoms with E-state index in [1.165, 1.54) is 11.8 Å². The Morgan fingerprint density at radius 2 is 2.10 bits per heavy atom. The lowest BCUT2D eigenvalue weighted by atomic mass is 10.1. The van der Waals surface area contributed by atoms with Crippen LogP contribution in [0.4, 0.5) is 0 Å². The van der Waals surface area contributed by atoms with E-state index in [0.717, 1.165) is 4.91 Å². The predicted molar refractivity (Wildman–Crippen MR) is 47.8 cm³/mol. The summed E-state index contributed by atoms with van der Waals surface area (Å²) in [6, 6.07) is 0. The first kappa shape index (κ1) is 9.79. The van der Waals surface area contributed by atoms with Crippen LogP contribution in [0.2, 0.25) is 0 Å². The van der Waals surface area contributed by atoms with E-state index in [9.17, 15) is 5.11 Å². The van der Waals surface area contributed by atoms with Crippen LogP contribution in [0.15, 0.2) is 23.0 Å². The average Bonchev–Trinajstić information content (AvgIpc) is 1.80. The number of hydrogen-bond donors (Lipinski definition) is 1. The normalized spacial score (nSPS) is 13.4. The molecule has 0 aromatic heterocycles. The summed E-state index contributed by atoms with van der Waals surface area (Å²) in [5.74, 6) is 0. The molecule has 0 atom stereocenters. The van der Waals surface area contributed by atoms with Gasteiger partial charge in [0.25, 0.3) is 0 Å². The van der Waals surface area contributed by atoms with Crippen molar-refractivity contribution in [1.29, 1.82) is 0 Å². The first-order chi connectivity index (χ1) is 4.52. The van der Waals surface area contributed by atoms with Gasteiger partial charge in [-0.3, -0.25) is 0 Å². The zero-order valence-corrected chi connectivity index (χ0v) is 7.53. The Bertz CT molecular complexity index is 142. The number of thioether (sulfide) groups is 1. The van der Waals surface area contributed by atoms with E-state index in [2.05, 4.69) is 6.58 Å². The van der Waals surface area contributed by atoms with E-state index in [1.807, 2.05) is 13.0 Å². The molecule has 58 valence electrons. The van der Waals surface area contributed by atoms with Crippen LogP contribution in [-0.2, 0) is 0 Å². The summed E-state index contributed by atoms with van der Waals surface area (Å²) in [5.41, 5.74) is -0.729. The number of rotatable bonds is 3. The minimum atomic E-state index is -0.729. The second kappa shape index (κ2) is 3.84. The lowest BCUT2D eigenvalue weighted by molar-refractivity contribution is 0.129. The molecule has 0 aliphatic carbocycles. The lowest BCUT2D eigenvalue weighted by Crippen LogP contribution is -2.19. The second-order valence-electron chi connectivity index (χ2n) is 2.50. The van der Waals surface area contributed by atoms with E-state index in [-0.39, 0.29) is 0 Å². The topological polar surface area (TPSA) is 20.2 Å². The molecule has 0 aliphatic rings. The van der Waals surface area contributed by atoms with Gasteiger partial charge in [-0.25, -0.2) is 0 Å². The van der Waals surface area contributed by atoms with Crippen LogP contribution in [0.5, 0.6) is 0 Å². The molecule has 10 heavy (non-hydrogen) atoms. The van der Waals surface area contributed by atoms with Gasteiger partial charge in [0, 0.05) is 4.91 Å². The summed E-state index contributed by atoms with van der Waals surface area (Å²) >= 11 is 1.46. The number of aliphatic hydroxyl groups is 1. The average molecular weight is 158 g/mol. The first-order valence-electron chi connectivity index (χ1n) is 3.19. The van der Waals surface area contributed by atoms with Crippen molar-refractivity contribution in [2.75, 3.05) is 0 Å². The van der Waals surface area contributed by atoms with Gasteiger partial charge in [-0.05, 0) is 26.2 Å². The SMILES string of the molecule is C=CS/C(=C\C)C(C)(C)O. The van der Waals surface area contributed by atoms with Crippen molar-refractivity contribution in [2.45, 2.75) is 26.4 Å². The van der Waals surface area contributed by atoms with Crippen molar-refractivity contribution >= 4 is 11.8 Å². The summed E-state index contributed by atoms with van der Waals surface area (Å²) in [5, 5.41) is 11.2. The maximum Gasteiger partial charge on any atom is 0.0898 e. The van der Waals surface area contributed by atoms with Gasteiger partial charge in [0.1, 0.15) is 0 Å². The minimum Gasteiger partial charge on any atom is -0.385 e. The third-order valence-corrected chi connectivity index (χ3v) is 2.23. The van der Waals surface area contributed by atoms with Crippen molar-refractivity contribution in [3.8, 4) is 0 Å². The van der Waals surface area contributed by atoms with Crippen molar-refractivity contribution in [3.63, 3.8) is 0 Å². The van der Waals surface area contributed by atoms with Crippen molar-refractivity contribution in [3.05, 3.63) is 23.0 Å². The molecule has 2 heteroatoms. The monoisotopic (exact) mass is 158 g/mol. The number of allylic oxidation sites excluding steroid dienone is 1. The quantitative estimate of drug-likeness (QED) is 0.681. The fraction of sp³-hybridized carbons (Fsp3) is 0.500. The highest BCUT2D eigenvalue weighted by Gasteiger charge is 2.17. The Hall–Kier alpha value is -0.210. The highest BCUT2D eigenvalue weighted by atomic mass is 32.2. The second-order valence-corrected chi connectivity index (χ2v) is 3.51. The molecule has 1 nitrogen and oxygen atoms in total. The van der Waals surface area contributed by atoms with Gasteiger partial charge >= 0.3 is 0 Å². The molecule has 0 aromatic carbocycles. The molecule has 0 saturated heterocycles. The molecule has 0 bridgehead atoms. The molecule has 0 unspecified atom stereocenters. The van der Waals surface area contributed by atoms with Crippen LogP contribution in [0, 0.1) is 0 Å². The Kier molecular flexibility index (Phi) is 3.76. The minimum absolute atomic E-state index is 0.729. The zero-order chi connectivity index (χ0) is 8.20. The Morgan fingerprint density at radius 3 is 2.20 bits per heavy atom. The molecule has 0 saturated carbocycles. The molecule has 0 fully saturated rings. The summed E-state index contributed by atoms with van der Waals surface area (Å²) in [6.07, 6.45) is 1.90. The van der Waals surface area contributed by atoms with Crippen LogP contribution < -0.4 is 0 Å². The molecule has 0 aromatic rings. The molecular weight excluding hydrogens is 144 g/mol. The summed E-state index contributed by atoms with van der Waals surface area (Å²) in [6.45, 7) is 9.00. The molecule has 0 radical (unpaired) electrons. The van der Waals surface area contributed by atoms with E-state index < -0.39 is 5.60 Å². The smallest absolute Gasteiger partial charge is 0.0898 e. The van der Waals surface area contributed by atoms with Gasteiger partial charge in [0.15, 0.2) is 0 Å². The Morgan fingerprint density at radius 1 is 1.60 bits per heavy atom. The molecular formula is C8H14OS. The van der Waals surface area contributed by atoms with Gasteiger partial charge in [0.05, 0.1) is 5.60 Å². The standard InChI is InChI=1S/C8H14OS/c1-5-7(10-6-2)8(3,4)9/h5-6,9H,2H2,1,3-4H3/b7-5-. The molecule has 1 N–H and O–H groups in total. The maximum atomic E-state index is 9.47. The molecule has 0 spiro atoms. The molecule has 0 aliphatic heterocycles. The fourth-order valence-electron chi connectivity index (χ4n) is 0.655. The maximum absolute atomic E-state index is 9.47. The summed E-state index contributed by atoms with van der Waals surface area (Å²) in [4.78, 5) is 0.933. The highest BCUT2D eigenvalue weighted by molar-refractivity contribution is 8.05. The third kappa shape index (κ3) is 3.08. The Balaban J connectivity index is 4.23. The highest BCUT2D eigenvalue weighted by Crippen LogP contribution is 2.27. The zero-order valence-electron chi connectivity index (χ0n) is 6.72. The fourth-order valence-corrected chi connectivity index (χ4v) is 1.26. The van der Waals surface area contributed by atoms with Gasteiger partial charge in [-0.1, -0.05) is 12.7 Å². The van der Waals surface area contributed by atoms with E-state index in [1.54, 1.807) is 19.3 Å². The van der Waals surface area contributed by atoms with Gasteiger partial charge < -0.3 is 5.11 Å². The van der Waals surface area contributed by atoms with E-state index >= 15 is 0 Å². The summed E-state index contributed by atoms with van der Waals surface area (Å²) in [7, 11) is 0. The van der Waals surface area contributed by atoms with Crippen LogP contribution >= 0.6 is 11.8 Å². The van der Waals surface area contributed by atoms with Gasteiger partial charge in [0.2, 0.25) is 0 Å². The van der Waals surface area contributed by atoms with E-state index in [4.69, 9.17) is 0 Å². The lowest BCUT2D eigenvalue weighted by Gasteiger charge is -2.19. The molecule has 0 heterocycles. The predicted octanol–water partition coefficient (Wildman–Crippen LogP) is 2.54. The van der Waals surface area contributed by atoms with Crippen molar-refractivity contribution < 1.29 is 5.11 Å². The van der Waals surface area contributed by atoms with E-state index in [0.29, 0.717) is 0 Å². The molecule has 0 amide bonds. The molecule has 0 rings (SSSR count). The van der Waals surface area contributed by atoms with Crippen LogP contribution in [0.1, 0.15) is 20.8 Å². The van der Waals surface area contributed by atoms with Gasteiger partial charge in [-0.15, -0.1) is 11.8 Å². The van der Waals surface area contributed by atoms with Crippen molar-refractivity contribution in [1.82, 2.24) is 0 Å². The summed E-state index contributed by atoms with van der Waals surface area (Å²) < 4.78 is 0. The van der Waals surface area contributed by atoms with Gasteiger partial charge in [-0.2, -0.15) is 0 Å². The van der Waals surface area contributed by atoms with Crippen LogP contribution in [0.3, 0.4) is 0 Å². The van der Waals surface area contributed by atoms with Crippen LogP contribution in [-0.4, -0.2) is 10.7 Å². The van der Waals surface area contributed by atoms with Crippen LogP contribution in [0.25, 0.3) is 0 Å². The largest absolute Gasteiger partial charge is 0.385 e. The number of hydrogen-bond acceptors (Lipinski definition) is 2. The first-order valence-corrected chi connectivity index (χ1v) is 4.07. The Labute approximate surface area is 66.8 Å². The third-order valence-electron chi connectivity index (χ3n) is 1.08. The van der Waals surface area contributed by atoms with Crippen molar-refractivity contribution in [2.24, 2.45) is 0 Å².